The number of hydrogen-bond donors (Lipinski definition) is 4. The summed E-state index contributed by atoms with van der Waals surface area (Å²) in [5, 5.41) is 31.4. The van der Waals surface area contributed by atoms with Crippen LogP contribution in [0.3, 0.4) is 0 Å². The fourth-order valence-corrected chi connectivity index (χ4v) is 2.10. The number of nitrogens with one attached hydrogen (secondary N) is 1. The van der Waals surface area contributed by atoms with Crippen molar-refractivity contribution >= 4 is 40.9 Å². The highest BCUT2D eigenvalue weighted by Crippen LogP contribution is 2.26. The van der Waals surface area contributed by atoms with Crippen molar-refractivity contribution in [3.63, 3.8) is 0 Å². The lowest BCUT2D eigenvalue weighted by atomic mass is 9.97. The Morgan fingerprint density at radius 1 is 1.30 bits per heavy atom. The number of halogens is 3. The molecule has 8 nitrogen and oxygen atoms in total. The summed E-state index contributed by atoms with van der Waals surface area (Å²) in [7, 11) is 0. The third kappa shape index (κ3) is 6.75. The number of alkyl halides is 3. The Morgan fingerprint density at radius 2 is 1.96 bits per heavy atom. The van der Waals surface area contributed by atoms with Crippen LogP contribution in [0.5, 0.6) is 0 Å². The molecule has 23 heavy (non-hydrogen) atoms. The van der Waals surface area contributed by atoms with E-state index < -0.39 is 53.7 Å². The zero-order valence-corrected chi connectivity index (χ0v) is 14.6. The van der Waals surface area contributed by atoms with Crippen molar-refractivity contribution < 1.29 is 34.3 Å². The van der Waals surface area contributed by atoms with E-state index in [-0.39, 0.29) is 6.61 Å². The quantitative estimate of drug-likeness (QED) is 0.478. The van der Waals surface area contributed by atoms with Gasteiger partial charge in [-0.15, -0.1) is 0 Å². The van der Waals surface area contributed by atoms with Gasteiger partial charge in [-0.05, 0) is 6.42 Å². The molecule has 1 amide bonds. The largest absolute Gasteiger partial charge is 0.445 e. The van der Waals surface area contributed by atoms with E-state index in [1.807, 2.05) is 6.92 Å². The third-order valence-electron chi connectivity index (χ3n) is 3.02. The number of carbonyl (C=O) groups excluding carboxylic acids is 1. The van der Waals surface area contributed by atoms with E-state index in [9.17, 15) is 15.0 Å². The standard InChI is InChI=1S/C12H20Cl3NO7/c1-2-3-21-10-7(9(19)8(18)6(4-17)23-10)16-11(20)22-5-12(13,14)15/h6-10,17-19H,2-5H2,1H3,(H,16,20)/t6?,7?,8-,9+,10+/m0/s1. The Bertz CT molecular complexity index is 382. The second-order valence-electron chi connectivity index (χ2n) is 4.94. The molecule has 0 saturated carbocycles. The number of ether oxygens (including phenoxy) is 3. The third-order valence-corrected chi connectivity index (χ3v) is 3.35. The van der Waals surface area contributed by atoms with Crippen molar-refractivity contribution in [1.29, 1.82) is 0 Å². The first kappa shape index (κ1) is 21.0. The van der Waals surface area contributed by atoms with Gasteiger partial charge in [0.15, 0.2) is 6.29 Å². The predicted molar refractivity (Wildman–Crippen MR) is 82.6 cm³/mol. The minimum absolute atomic E-state index is 0.285. The molecule has 0 radical (unpaired) electrons. The number of rotatable bonds is 6. The van der Waals surface area contributed by atoms with Gasteiger partial charge < -0.3 is 34.8 Å². The number of carbonyl (C=O) groups is 1. The van der Waals surface area contributed by atoms with Gasteiger partial charge in [-0.2, -0.15) is 0 Å². The van der Waals surface area contributed by atoms with Gasteiger partial charge in [-0.3, -0.25) is 0 Å². The van der Waals surface area contributed by atoms with Crippen LogP contribution in [-0.2, 0) is 14.2 Å². The maximum absolute atomic E-state index is 11.7. The van der Waals surface area contributed by atoms with Crippen molar-refractivity contribution in [2.75, 3.05) is 19.8 Å². The molecule has 1 aliphatic heterocycles. The molecule has 1 saturated heterocycles. The molecule has 1 heterocycles. The van der Waals surface area contributed by atoms with Gasteiger partial charge in [-0.1, -0.05) is 41.7 Å². The summed E-state index contributed by atoms with van der Waals surface area (Å²) in [4.78, 5) is 11.7. The van der Waals surface area contributed by atoms with E-state index in [0.717, 1.165) is 0 Å². The van der Waals surface area contributed by atoms with Crippen molar-refractivity contribution in [2.24, 2.45) is 0 Å². The number of aliphatic hydroxyl groups excluding tert-OH is 3. The zero-order chi connectivity index (χ0) is 17.6. The Balaban J connectivity index is 2.71. The van der Waals surface area contributed by atoms with Crippen LogP contribution in [0.1, 0.15) is 13.3 Å². The Kier molecular flexibility index (Phi) is 8.60. The maximum Gasteiger partial charge on any atom is 0.407 e. The van der Waals surface area contributed by atoms with Crippen LogP contribution in [-0.4, -0.2) is 75.7 Å². The summed E-state index contributed by atoms with van der Waals surface area (Å²) in [6, 6.07) is -1.12. The molecule has 5 atom stereocenters. The molecule has 0 spiro atoms. The highest BCUT2D eigenvalue weighted by molar-refractivity contribution is 6.67. The van der Waals surface area contributed by atoms with Crippen molar-refractivity contribution in [3.8, 4) is 0 Å². The number of amides is 1. The van der Waals surface area contributed by atoms with Gasteiger partial charge >= 0.3 is 6.09 Å². The van der Waals surface area contributed by atoms with Gasteiger partial charge in [0.25, 0.3) is 0 Å². The molecular formula is C12H20Cl3NO7. The first-order valence-corrected chi connectivity index (χ1v) is 8.07. The SMILES string of the molecule is CCCO[C@@H]1OC(CO)[C@H](O)[C@H](O)C1NC(=O)OCC(Cl)(Cl)Cl. The van der Waals surface area contributed by atoms with E-state index in [1.54, 1.807) is 0 Å². The van der Waals surface area contributed by atoms with Gasteiger partial charge in [0, 0.05) is 6.61 Å². The molecule has 11 heteroatoms. The van der Waals surface area contributed by atoms with Crippen molar-refractivity contribution in [3.05, 3.63) is 0 Å². The molecule has 136 valence electrons. The molecule has 1 fully saturated rings. The Morgan fingerprint density at radius 3 is 2.48 bits per heavy atom. The summed E-state index contributed by atoms with van der Waals surface area (Å²) in [6.45, 7) is 1.12. The second-order valence-corrected chi connectivity index (χ2v) is 7.45. The molecular weight excluding hydrogens is 376 g/mol. The minimum Gasteiger partial charge on any atom is -0.445 e. The van der Waals surface area contributed by atoms with Crippen molar-refractivity contribution in [2.45, 2.75) is 47.8 Å². The topological polar surface area (TPSA) is 117 Å². The van der Waals surface area contributed by atoms with Crippen LogP contribution < -0.4 is 5.32 Å². The van der Waals surface area contributed by atoms with Crippen LogP contribution in [0.25, 0.3) is 0 Å². The summed E-state index contributed by atoms with van der Waals surface area (Å²) < 4.78 is 13.7. The van der Waals surface area contributed by atoms with Gasteiger partial charge in [0.1, 0.15) is 31.0 Å². The van der Waals surface area contributed by atoms with Crippen LogP contribution in [0.2, 0.25) is 0 Å². The fraction of sp³-hybridized carbons (Fsp3) is 0.917. The second kappa shape index (κ2) is 9.43. The normalized spacial score (nSPS) is 31.7. The predicted octanol–water partition coefficient (Wildman–Crippen LogP) is 0.317. The fourth-order valence-electron chi connectivity index (χ4n) is 1.94. The van der Waals surface area contributed by atoms with Crippen LogP contribution in [0.15, 0.2) is 0 Å². The average molecular weight is 397 g/mol. The molecule has 4 N–H and O–H groups in total. The Hall–Kier alpha value is -0.0600. The lowest BCUT2D eigenvalue weighted by Gasteiger charge is -2.42. The summed E-state index contributed by atoms with van der Waals surface area (Å²) in [5.41, 5.74) is 0. The highest BCUT2D eigenvalue weighted by atomic mass is 35.6. The summed E-state index contributed by atoms with van der Waals surface area (Å²) >= 11 is 16.4. The molecule has 0 aliphatic carbocycles. The van der Waals surface area contributed by atoms with Gasteiger partial charge in [-0.25, -0.2) is 4.79 Å². The molecule has 0 aromatic rings. The van der Waals surface area contributed by atoms with Crippen LogP contribution >= 0.6 is 34.8 Å². The van der Waals surface area contributed by atoms with E-state index in [4.69, 9.17) is 54.1 Å². The molecule has 0 bridgehead atoms. The molecule has 0 aromatic carbocycles. The minimum atomic E-state index is -1.78. The molecule has 1 aliphatic rings. The summed E-state index contributed by atoms with van der Waals surface area (Å²) in [5.74, 6) is 0. The van der Waals surface area contributed by atoms with Crippen LogP contribution in [0.4, 0.5) is 4.79 Å². The first-order chi connectivity index (χ1) is 10.7. The van der Waals surface area contributed by atoms with Crippen molar-refractivity contribution in [1.82, 2.24) is 5.32 Å². The monoisotopic (exact) mass is 395 g/mol. The lowest BCUT2D eigenvalue weighted by Crippen LogP contribution is -2.64. The molecule has 1 rings (SSSR count). The highest BCUT2D eigenvalue weighted by Gasteiger charge is 2.45. The number of alkyl carbamates (subject to hydrolysis) is 1. The van der Waals surface area contributed by atoms with E-state index in [0.29, 0.717) is 6.42 Å². The lowest BCUT2D eigenvalue weighted by molar-refractivity contribution is -0.269. The van der Waals surface area contributed by atoms with Gasteiger partial charge in [0.2, 0.25) is 3.79 Å². The Labute approximate surface area is 148 Å². The van der Waals surface area contributed by atoms with E-state index in [2.05, 4.69) is 5.32 Å². The maximum atomic E-state index is 11.7. The van der Waals surface area contributed by atoms with E-state index >= 15 is 0 Å². The zero-order valence-electron chi connectivity index (χ0n) is 12.3. The van der Waals surface area contributed by atoms with Crippen LogP contribution in [0, 0.1) is 0 Å². The number of hydrogen-bond acceptors (Lipinski definition) is 7. The molecule has 2 unspecified atom stereocenters. The van der Waals surface area contributed by atoms with Gasteiger partial charge in [0.05, 0.1) is 6.61 Å². The number of aliphatic hydroxyl groups is 3. The average Bonchev–Trinajstić information content (AvgIpc) is 2.48. The first-order valence-electron chi connectivity index (χ1n) is 6.93. The molecule has 0 aromatic heterocycles. The van der Waals surface area contributed by atoms with E-state index in [1.165, 1.54) is 0 Å². The summed E-state index contributed by atoms with van der Waals surface area (Å²) in [6.07, 6.45) is -5.30. The smallest absolute Gasteiger partial charge is 0.407 e.